The highest BCUT2D eigenvalue weighted by molar-refractivity contribution is 7.99. The zero-order valence-corrected chi connectivity index (χ0v) is 11.4. The van der Waals surface area contributed by atoms with Crippen molar-refractivity contribution in [3.05, 3.63) is 29.8 Å². The fourth-order valence-electron chi connectivity index (χ4n) is 2.14. The number of methoxy groups -OCH3 is 1. The lowest BCUT2D eigenvalue weighted by Crippen LogP contribution is -2.31. The van der Waals surface area contributed by atoms with E-state index < -0.39 is 0 Å². The Morgan fingerprint density at radius 3 is 3.12 bits per heavy atom. The van der Waals surface area contributed by atoms with E-state index in [1.165, 1.54) is 16.2 Å². The Hall–Kier alpha value is -0.510. The summed E-state index contributed by atoms with van der Waals surface area (Å²) in [5.41, 5.74) is 1.52. The molecule has 94 valence electrons. The van der Waals surface area contributed by atoms with Crippen LogP contribution in [0.25, 0.3) is 0 Å². The lowest BCUT2D eigenvalue weighted by Gasteiger charge is -2.17. The van der Waals surface area contributed by atoms with Crippen molar-refractivity contribution in [2.24, 2.45) is 0 Å². The summed E-state index contributed by atoms with van der Waals surface area (Å²) in [6, 6.07) is 9.30. The predicted molar refractivity (Wildman–Crippen MR) is 73.9 cm³/mol. The van der Waals surface area contributed by atoms with Gasteiger partial charge in [0.1, 0.15) is 0 Å². The van der Waals surface area contributed by atoms with E-state index in [-0.39, 0.29) is 0 Å². The van der Waals surface area contributed by atoms with Crippen LogP contribution in [0.1, 0.15) is 24.8 Å². The van der Waals surface area contributed by atoms with Gasteiger partial charge in [-0.25, -0.2) is 0 Å². The minimum absolute atomic E-state index is 0.535. The summed E-state index contributed by atoms with van der Waals surface area (Å²) in [5.74, 6) is 1.88. The first kappa shape index (κ1) is 12.9. The van der Waals surface area contributed by atoms with Crippen LogP contribution >= 0.6 is 11.8 Å². The Labute approximate surface area is 108 Å². The first-order chi connectivity index (χ1) is 8.31. The number of nitrogens with one attached hydrogen (secondary N) is 1. The average molecular weight is 251 g/mol. The van der Waals surface area contributed by atoms with E-state index >= 15 is 0 Å². The van der Waals surface area contributed by atoms with Crippen LogP contribution in [-0.4, -0.2) is 32.1 Å². The van der Waals surface area contributed by atoms with E-state index in [1.807, 2.05) is 11.8 Å². The molecule has 1 aromatic carbocycles. The van der Waals surface area contributed by atoms with Gasteiger partial charge in [-0.3, -0.25) is 0 Å². The van der Waals surface area contributed by atoms with Gasteiger partial charge in [0.25, 0.3) is 0 Å². The Morgan fingerprint density at radius 1 is 1.47 bits per heavy atom. The van der Waals surface area contributed by atoms with E-state index in [4.69, 9.17) is 4.74 Å². The molecule has 3 heteroatoms. The van der Waals surface area contributed by atoms with Crippen LogP contribution in [-0.2, 0) is 4.74 Å². The van der Waals surface area contributed by atoms with Gasteiger partial charge in [0.2, 0.25) is 0 Å². The molecule has 0 spiro atoms. The summed E-state index contributed by atoms with van der Waals surface area (Å²) < 4.78 is 5.10. The Morgan fingerprint density at radius 2 is 2.29 bits per heavy atom. The fraction of sp³-hybridized carbons (Fsp3) is 0.571. The molecule has 0 bridgehead atoms. The molecule has 2 nitrogen and oxygen atoms in total. The molecule has 2 rings (SSSR count). The van der Waals surface area contributed by atoms with Crippen LogP contribution < -0.4 is 5.32 Å². The SMILES string of the molecule is COCCC(C)NCC1CSc2ccccc21. The molecule has 2 unspecified atom stereocenters. The third-order valence-corrected chi connectivity index (χ3v) is 4.52. The van der Waals surface area contributed by atoms with Gasteiger partial charge in [-0.1, -0.05) is 18.2 Å². The van der Waals surface area contributed by atoms with E-state index in [0.717, 1.165) is 19.6 Å². The average Bonchev–Trinajstić information content (AvgIpc) is 2.77. The molecule has 0 fully saturated rings. The minimum atomic E-state index is 0.535. The predicted octanol–water partition coefficient (Wildman–Crippen LogP) is 2.89. The van der Waals surface area contributed by atoms with Crippen molar-refractivity contribution in [3.8, 4) is 0 Å². The van der Waals surface area contributed by atoms with Crippen LogP contribution in [0.15, 0.2) is 29.2 Å². The summed E-state index contributed by atoms with van der Waals surface area (Å²) in [4.78, 5) is 1.46. The van der Waals surface area contributed by atoms with Crippen LogP contribution in [0.5, 0.6) is 0 Å². The standard InChI is InChI=1S/C14H21NOS/c1-11(7-8-16-2)15-9-12-10-17-14-6-4-3-5-13(12)14/h3-6,11-12,15H,7-10H2,1-2H3. The maximum Gasteiger partial charge on any atom is 0.0476 e. The van der Waals surface area contributed by atoms with E-state index in [9.17, 15) is 0 Å². The first-order valence-electron chi connectivity index (χ1n) is 6.25. The zero-order chi connectivity index (χ0) is 12.1. The summed E-state index contributed by atoms with van der Waals surface area (Å²) in [6.07, 6.45) is 1.08. The second-order valence-electron chi connectivity index (χ2n) is 4.64. The lowest BCUT2D eigenvalue weighted by atomic mass is 10.0. The zero-order valence-electron chi connectivity index (χ0n) is 10.6. The molecule has 0 aromatic heterocycles. The van der Waals surface area contributed by atoms with Crippen LogP contribution in [0.2, 0.25) is 0 Å². The number of thioether (sulfide) groups is 1. The van der Waals surface area contributed by atoms with Crippen molar-refractivity contribution in [1.82, 2.24) is 5.32 Å². The van der Waals surface area contributed by atoms with Crippen molar-refractivity contribution in [2.45, 2.75) is 30.2 Å². The maximum absolute atomic E-state index is 5.10. The van der Waals surface area contributed by atoms with Crippen molar-refractivity contribution in [1.29, 1.82) is 0 Å². The molecule has 17 heavy (non-hydrogen) atoms. The van der Waals surface area contributed by atoms with Gasteiger partial charge in [-0.2, -0.15) is 0 Å². The monoisotopic (exact) mass is 251 g/mol. The van der Waals surface area contributed by atoms with Gasteiger partial charge in [-0.05, 0) is 25.0 Å². The van der Waals surface area contributed by atoms with Crippen molar-refractivity contribution in [3.63, 3.8) is 0 Å². The molecular weight excluding hydrogens is 230 g/mol. The molecular formula is C14H21NOS. The van der Waals surface area contributed by atoms with Crippen molar-refractivity contribution in [2.75, 3.05) is 26.0 Å². The molecule has 1 aromatic rings. The van der Waals surface area contributed by atoms with Crippen LogP contribution in [0.4, 0.5) is 0 Å². The summed E-state index contributed by atoms with van der Waals surface area (Å²) >= 11 is 1.98. The molecule has 1 N–H and O–H groups in total. The third-order valence-electron chi connectivity index (χ3n) is 3.27. The Bertz CT molecular complexity index is 356. The minimum Gasteiger partial charge on any atom is -0.385 e. The number of ether oxygens (including phenoxy) is 1. The molecule has 0 saturated carbocycles. The lowest BCUT2D eigenvalue weighted by molar-refractivity contribution is 0.184. The molecule has 0 amide bonds. The van der Waals surface area contributed by atoms with E-state index in [2.05, 4.69) is 36.5 Å². The maximum atomic E-state index is 5.10. The van der Waals surface area contributed by atoms with Gasteiger partial charge >= 0.3 is 0 Å². The molecule has 0 saturated heterocycles. The fourth-order valence-corrected chi connectivity index (χ4v) is 3.39. The number of benzene rings is 1. The quantitative estimate of drug-likeness (QED) is 0.840. The highest BCUT2D eigenvalue weighted by Crippen LogP contribution is 2.38. The Kier molecular flexibility index (Phi) is 4.89. The molecule has 0 radical (unpaired) electrons. The topological polar surface area (TPSA) is 21.3 Å². The van der Waals surface area contributed by atoms with Crippen LogP contribution in [0.3, 0.4) is 0 Å². The molecule has 1 aliphatic heterocycles. The number of hydrogen-bond acceptors (Lipinski definition) is 3. The second-order valence-corrected chi connectivity index (χ2v) is 5.70. The largest absolute Gasteiger partial charge is 0.385 e. The molecule has 2 atom stereocenters. The summed E-state index contributed by atoms with van der Waals surface area (Å²) in [7, 11) is 1.76. The van der Waals surface area contributed by atoms with E-state index in [0.29, 0.717) is 12.0 Å². The van der Waals surface area contributed by atoms with Gasteiger partial charge in [0.15, 0.2) is 0 Å². The number of rotatable bonds is 6. The smallest absolute Gasteiger partial charge is 0.0476 e. The number of hydrogen-bond donors (Lipinski definition) is 1. The van der Waals surface area contributed by atoms with Gasteiger partial charge in [-0.15, -0.1) is 11.8 Å². The summed E-state index contributed by atoms with van der Waals surface area (Å²) in [5, 5.41) is 3.61. The van der Waals surface area contributed by atoms with Crippen molar-refractivity contribution < 1.29 is 4.74 Å². The van der Waals surface area contributed by atoms with E-state index in [1.54, 1.807) is 7.11 Å². The number of fused-ring (bicyclic) bond motifs is 1. The summed E-state index contributed by atoms with van der Waals surface area (Å²) in [6.45, 7) is 4.14. The van der Waals surface area contributed by atoms with Gasteiger partial charge in [0, 0.05) is 42.9 Å². The van der Waals surface area contributed by atoms with Crippen molar-refractivity contribution >= 4 is 11.8 Å². The van der Waals surface area contributed by atoms with Crippen LogP contribution in [0, 0.1) is 0 Å². The normalized spacial score (nSPS) is 20.2. The van der Waals surface area contributed by atoms with Gasteiger partial charge in [0.05, 0.1) is 0 Å². The molecule has 0 aliphatic carbocycles. The highest BCUT2D eigenvalue weighted by atomic mass is 32.2. The third kappa shape index (κ3) is 3.47. The molecule has 1 aliphatic rings. The van der Waals surface area contributed by atoms with Gasteiger partial charge < -0.3 is 10.1 Å². The second kappa shape index (κ2) is 6.43. The Balaban J connectivity index is 1.81. The first-order valence-corrected chi connectivity index (χ1v) is 7.24. The molecule has 1 heterocycles. The highest BCUT2D eigenvalue weighted by Gasteiger charge is 2.22.